The van der Waals surface area contributed by atoms with Crippen molar-refractivity contribution in [2.45, 2.75) is 19.9 Å². The molecule has 0 saturated heterocycles. The van der Waals surface area contributed by atoms with E-state index in [-0.39, 0.29) is 11.6 Å². The first-order valence-corrected chi connectivity index (χ1v) is 5.79. The second-order valence-corrected chi connectivity index (χ2v) is 4.40. The van der Waals surface area contributed by atoms with Gasteiger partial charge in [-0.2, -0.15) is 5.10 Å². The van der Waals surface area contributed by atoms with Gasteiger partial charge in [0.05, 0.1) is 11.7 Å². The first-order chi connectivity index (χ1) is 8.91. The Morgan fingerprint density at radius 2 is 2.16 bits per heavy atom. The number of aryl methyl sites for hydroxylation is 3. The standard InChI is InChI=1S/C11H16N6O2/c1-6-8(11(18)19)10(17(4)15-6)13-7(2)9-14-12-5-16(9)3/h5,7,13H,1-4H3,(H,18,19). The van der Waals surface area contributed by atoms with Crippen molar-refractivity contribution in [2.75, 3.05) is 5.32 Å². The van der Waals surface area contributed by atoms with Crippen molar-refractivity contribution >= 4 is 11.8 Å². The van der Waals surface area contributed by atoms with E-state index in [2.05, 4.69) is 20.6 Å². The lowest BCUT2D eigenvalue weighted by Crippen LogP contribution is -2.16. The average molecular weight is 264 g/mol. The Bertz CT molecular complexity index is 615. The van der Waals surface area contributed by atoms with Crippen molar-refractivity contribution < 1.29 is 9.90 Å². The quantitative estimate of drug-likeness (QED) is 0.844. The molecule has 0 aromatic carbocycles. The second-order valence-electron chi connectivity index (χ2n) is 4.40. The van der Waals surface area contributed by atoms with Crippen molar-refractivity contribution in [3.63, 3.8) is 0 Å². The number of carboxylic acid groups (broad SMARTS) is 1. The van der Waals surface area contributed by atoms with Gasteiger partial charge in [0.25, 0.3) is 0 Å². The van der Waals surface area contributed by atoms with Gasteiger partial charge in [0.1, 0.15) is 17.7 Å². The average Bonchev–Trinajstić information content (AvgIpc) is 2.83. The molecule has 102 valence electrons. The topological polar surface area (TPSA) is 97.9 Å². The molecular formula is C11H16N6O2. The third-order valence-electron chi connectivity index (χ3n) is 2.92. The molecule has 2 rings (SSSR count). The summed E-state index contributed by atoms with van der Waals surface area (Å²) in [5.41, 5.74) is 0.652. The lowest BCUT2D eigenvalue weighted by molar-refractivity contribution is 0.0697. The number of hydrogen-bond donors (Lipinski definition) is 2. The molecule has 19 heavy (non-hydrogen) atoms. The Labute approximate surface area is 110 Å². The molecule has 2 N–H and O–H groups in total. The summed E-state index contributed by atoms with van der Waals surface area (Å²) in [5.74, 6) is 0.175. The molecule has 0 bridgehead atoms. The third kappa shape index (κ3) is 2.28. The highest BCUT2D eigenvalue weighted by molar-refractivity contribution is 5.94. The zero-order valence-corrected chi connectivity index (χ0v) is 11.2. The van der Waals surface area contributed by atoms with Gasteiger partial charge in [0, 0.05) is 14.1 Å². The number of anilines is 1. The number of hydrogen-bond acceptors (Lipinski definition) is 5. The van der Waals surface area contributed by atoms with E-state index >= 15 is 0 Å². The fourth-order valence-corrected chi connectivity index (χ4v) is 2.03. The number of nitrogens with one attached hydrogen (secondary N) is 1. The fraction of sp³-hybridized carbons (Fsp3) is 0.455. The van der Waals surface area contributed by atoms with Gasteiger partial charge in [-0.05, 0) is 13.8 Å². The van der Waals surface area contributed by atoms with Gasteiger partial charge in [-0.15, -0.1) is 10.2 Å². The third-order valence-corrected chi connectivity index (χ3v) is 2.92. The van der Waals surface area contributed by atoms with Gasteiger partial charge in [-0.1, -0.05) is 0 Å². The highest BCUT2D eigenvalue weighted by atomic mass is 16.4. The summed E-state index contributed by atoms with van der Waals surface area (Å²) >= 11 is 0. The molecule has 8 heteroatoms. The monoisotopic (exact) mass is 264 g/mol. The SMILES string of the molecule is Cc1nn(C)c(NC(C)c2nncn2C)c1C(=O)O. The van der Waals surface area contributed by atoms with Crippen LogP contribution >= 0.6 is 0 Å². The highest BCUT2D eigenvalue weighted by Crippen LogP contribution is 2.23. The number of aromatic carboxylic acids is 1. The molecule has 1 unspecified atom stereocenters. The zero-order valence-electron chi connectivity index (χ0n) is 11.2. The van der Waals surface area contributed by atoms with Gasteiger partial charge >= 0.3 is 5.97 Å². The number of carbonyl (C=O) groups is 1. The van der Waals surface area contributed by atoms with Crippen molar-refractivity contribution in [3.05, 3.63) is 23.4 Å². The molecule has 1 atom stereocenters. The van der Waals surface area contributed by atoms with Crippen LogP contribution in [0.3, 0.4) is 0 Å². The summed E-state index contributed by atoms with van der Waals surface area (Å²) < 4.78 is 3.30. The molecule has 0 saturated carbocycles. The van der Waals surface area contributed by atoms with E-state index in [0.29, 0.717) is 11.5 Å². The summed E-state index contributed by atoms with van der Waals surface area (Å²) in [7, 11) is 3.53. The summed E-state index contributed by atoms with van der Waals surface area (Å²) in [4.78, 5) is 11.3. The molecule has 2 heterocycles. The number of aromatic nitrogens is 5. The van der Waals surface area contributed by atoms with Crippen LogP contribution in [0.1, 0.15) is 34.8 Å². The lowest BCUT2D eigenvalue weighted by atomic mass is 10.2. The summed E-state index contributed by atoms with van der Waals surface area (Å²) in [6.45, 7) is 3.56. The Morgan fingerprint density at radius 1 is 1.47 bits per heavy atom. The van der Waals surface area contributed by atoms with Crippen LogP contribution in [0.2, 0.25) is 0 Å². The van der Waals surface area contributed by atoms with Crippen molar-refractivity contribution in [1.29, 1.82) is 0 Å². The minimum atomic E-state index is -1.00. The number of nitrogens with zero attached hydrogens (tertiary/aromatic N) is 5. The second kappa shape index (κ2) is 4.71. The van der Waals surface area contributed by atoms with Gasteiger partial charge in [0.15, 0.2) is 5.82 Å². The van der Waals surface area contributed by atoms with E-state index in [1.807, 2.05) is 14.0 Å². The molecule has 0 aliphatic carbocycles. The maximum atomic E-state index is 11.3. The minimum absolute atomic E-state index is 0.177. The van der Waals surface area contributed by atoms with E-state index in [4.69, 9.17) is 0 Å². The molecular weight excluding hydrogens is 248 g/mol. The number of carboxylic acids is 1. The van der Waals surface area contributed by atoms with Crippen LogP contribution in [0.15, 0.2) is 6.33 Å². The predicted molar refractivity (Wildman–Crippen MR) is 67.9 cm³/mol. The van der Waals surface area contributed by atoms with E-state index in [1.165, 1.54) is 4.68 Å². The molecule has 0 aliphatic heterocycles. The number of rotatable bonds is 4. The predicted octanol–water partition coefficient (Wildman–Crippen LogP) is 0.728. The summed E-state index contributed by atoms with van der Waals surface area (Å²) in [6.07, 6.45) is 1.60. The van der Waals surface area contributed by atoms with Crippen LogP contribution < -0.4 is 5.32 Å². The molecule has 0 fully saturated rings. The normalized spacial score (nSPS) is 12.4. The van der Waals surface area contributed by atoms with E-state index < -0.39 is 5.97 Å². The van der Waals surface area contributed by atoms with Crippen LogP contribution in [0, 0.1) is 6.92 Å². The first kappa shape index (κ1) is 13.1. The van der Waals surface area contributed by atoms with Crippen LogP contribution in [0.5, 0.6) is 0 Å². The molecule has 8 nitrogen and oxygen atoms in total. The van der Waals surface area contributed by atoms with Crippen molar-refractivity contribution in [3.8, 4) is 0 Å². The van der Waals surface area contributed by atoms with E-state index in [0.717, 1.165) is 5.82 Å². The molecule has 0 aliphatic rings. The Hall–Kier alpha value is -2.38. The zero-order chi connectivity index (χ0) is 14.2. The fourth-order valence-electron chi connectivity index (χ4n) is 2.03. The molecule has 2 aromatic heterocycles. The lowest BCUT2D eigenvalue weighted by Gasteiger charge is -2.15. The summed E-state index contributed by atoms with van der Waals surface area (Å²) in [5, 5.41) is 24.3. The largest absolute Gasteiger partial charge is 0.477 e. The van der Waals surface area contributed by atoms with Crippen LogP contribution in [0.25, 0.3) is 0 Å². The molecule has 0 amide bonds. The van der Waals surface area contributed by atoms with E-state index in [1.54, 1.807) is 24.9 Å². The van der Waals surface area contributed by atoms with Gasteiger partial charge in [-0.25, -0.2) is 4.79 Å². The van der Waals surface area contributed by atoms with Crippen LogP contribution in [-0.2, 0) is 14.1 Å². The van der Waals surface area contributed by atoms with Gasteiger partial charge in [-0.3, -0.25) is 4.68 Å². The maximum absolute atomic E-state index is 11.3. The smallest absolute Gasteiger partial charge is 0.341 e. The Balaban J connectivity index is 2.34. The van der Waals surface area contributed by atoms with Crippen LogP contribution in [-0.4, -0.2) is 35.6 Å². The highest BCUT2D eigenvalue weighted by Gasteiger charge is 2.22. The van der Waals surface area contributed by atoms with E-state index in [9.17, 15) is 9.90 Å². The minimum Gasteiger partial charge on any atom is -0.477 e. The van der Waals surface area contributed by atoms with Crippen molar-refractivity contribution in [2.24, 2.45) is 14.1 Å². The van der Waals surface area contributed by atoms with Gasteiger partial charge < -0.3 is 15.0 Å². The van der Waals surface area contributed by atoms with Gasteiger partial charge in [0.2, 0.25) is 0 Å². The van der Waals surface area contributed by atoms with Crippen LogP contribution in [0.4, 0.5) is 5.82 Å². The Kier molecular flexibility index (Phi) is 3.24. The van der Waals surface area contributed by atoms with Crippen molar-refractivity contribution in [1.82, 2.24) is 24.5 Å². The Morgan fingerprint density at radius 3 is 2.68 bits per heavy atom. The maximum Gasteiger partial charge on any atom is 0.341 e. The summed E-state index contributed by atoms with van der Waals surface area (Å²) in [6, 6.07) is -0.180. The molecule has 0 spiro atoms. The first-order valence-electron chi connectivity index (χ1n) is 5.79. The molecule has 2 aromatic rings. The molecule has 0 radical (unpaired) electrons.